The largest absolute Gasteiger partial charge is 0.394 e. The Labute approximate surface area is 847 Å². The lowest BCUT2D eigenvalue weighted by Crippen LogP contribution is -2.54. The number of carbonyl (C=O) groups excluding carboxylic acids is 4. The van der Waals surface area contributed by atoms with Crippen molar-refractivity contribution in [2.45, 2.75) is 239 Å². The highest BCUT2D eigenvalue weighted by molar-refractivity contribution is 7.90. The number of aliphatic hydroxyl groups excluding tert-OH is 5. The molecule has 1 saturated heterocycles. The zero-order valence-corrected chi connectivity index (χ0v) is 86.9. The van der Waals surface area contributed by atoms with E-state index in [1.165, 1.54) is 16.5 Å². The number of sulfonamides is 3. The summed E-state index contributed by atoms with van der Waals surface area (Å²) < 4.78 is 102. The number of likely N-dealkylation sites (N-methyl/N-ethyl adjacent to an activating group) is 2. The van der Waals surface area contributed by atoms with E-state index in [9.17, 15) is 74.4 Å². The minimum absolute atomic E-state index is 0.0882. The smallest absolute Gasteiger partial charge is 0.258 e. The van der Waals surface area contributed by atoms with Crippen molar-refractivity contribution in [3.8, 4) is 0 Å². The van der Waals surface area contributed by atoms with Crippen LogP contribution in [0.5, 0.6) is 0 Å². The fourth-order valence-electron chi connectivity index (χ4n) is 19.0. The molecule has 5 heterocycles. The first-order chi connectivity index (χ1) is 68.4. The van der Waals surface area contributed by atoms with Gasteiger partial charge in [-0.15, -0.1) is 0 Å². The third kappa shape index (κ3) is 25.7. The van der Waals surface area contributed by atoms with Gasteiger partial charge >= 0.3 is 0 Å². The van der Waals surface area contributed by atoms with E-state index in [0.29, 0.717) is 82.1 Å². The van der Waals surface area contributed by atoms with Crippen molar-refractivity contribution in [1.29, 1.82) is 0 Å². The van der Waals surface area contributed by atoms with Crippen molar-refractivity contribution in [2.75, 3.05) is 72.5 Å². The number of likely N-dealkylation sites (tertiary alicyclic amines) is 1. The highest BCUT2D eigenvalue weighted by Crippen LogP contribution is 2.45. The molecule has 15 N–H and O–H groups in total. The van der Waals surface area contributed by atoms with E-state index in [-0.39, 0.29) is 62.7 Å². The van der Waals surface area contributed by atoms with Crippen molar-refractivity contribution in [3.63, 3.8) is 0 Å². The Kier molecular flexibility index (Phi) is 35.2. The molecule has 5 aliphatic heterocycles. The first-order valence-electron chi connectivity index (χ1n) is 49.2. The molecular formula is C112H138FN13O15S3. The molecule has 0 radical (unpaired) electrons. The molecule has 28 nitrogen and oxygen atoms in total. The molecular weight excluding hydrogens is 1880 g/mol. The maximum absolute atomic E-state index is 14.2. The number of hydrogen-bond acceptors (Lipinski definition) is 21. The van der Waals surface area contributed by atoms with Crippen molar-refractivity contribution < 1.29 is 74.4 Å². The number of anilines is 5. The molecule has 11 aromatic rings. The Morgan fingerprint density at radius 2 is 0.799 bits per heavy atom. The number of para-hydroxylation sites is 1. The van der Waals surface area contributed by atoms with Crippen LogP contribution in [0.1, 0.15) is 231 Å². The van der Waals surface area contributed by atoms with Crippen LogP contribution in [0.4, 0.5) is 32.8 Å². The molecule has 0 saturated carbocycles. The molecule has 4 amide bonds. The van der Waals surface area contributed by atoms with Crippen LogP contribution in [0.25, 0.3) is 0 Å². The molecule has 16 rings (SSSR count). The average molecular weight is 2020 g/mol. The van der Waals surface area contributed by atoms with E-state index in [4.69, 9.17) is 0 Å². The lowest BCUT2D eigenvalue weighted by molar-refractivity contribution is 0.0688. The van der Waals surface area contributed by atoms with Gasteiger partial charge in [-0.2, -0.15) is 0 Å². The second kappa shape index (κ2) is 46.5. The normalized spacial score (nSPS) is 20.3. The maximum atomic E-state index is 14.2. The summed E-state index contributed by atoms with van der Waals surface area (Å²) in [5.74, 6) is -1.34. The highest BCUT2D eigenvalue weighted by atomic mass is 32.2. The van der Waals surface area contributed by atoms with E-state index in [1.54, 1.807) is 173 Å². The molecule has 1 fully saturated rings. The van der Waals surface area contributed by atoms with E-state index >= 15 is 0 Å². The Morgan fingerprint density at radius 3 is 1.19 bits per heavy atom. The van der Waals surface area contributed by atoms with Gasteiger partial charge in [0, 0.05) is 90.3 Å². The van der Waals surface area contributed by atoms with Gasteiger partial charge in [0.05, 0.1) is 104 Å². The molecule has 0 aromatic heterocycles. The average Bonchev–Trinajstić information content (AvgIpc) is 0.758. The van der Waals surface area contributed by atoms with Crippen LogP contribution in [0.2, 0.25) is 0 Å². The van der Waals surface area contributed by atoms with Crippen molar-refractivity contribution in [3.05, 3.63) is 345 Å². The third-order valence-corrected chi connectivity index (χ3v) is 32.1. The number of amides is 4. The predicted octanol–water partition coefficient (Wildman–Crippen LogP) is 15.4. The van der Waals surface area contributed by atoms with Gasteiger partial charge in [0.1, 0.15) is 5.82 Å². The van der Waals surface area contributed by atoms with E-state index < -0.39 is 113 Å². The van der Waals surface area contributed by atoms with Gasteiger partial charge in [0.25, 0.3) is 23.6 Å². The number of halogens is 1. The number of fused-ring (bicyclic) bond motifs is 4. The molecule has 32 heteroatoms. The number of nitrogens with zero attached hydrogens (tertiary/aromatic N) is 3. The number of hydrogen-bond donors (Lipinski definition) is 15. The summed E-state index contributed by atoms with van der Waals surface area (Å²) in [6, 6.07) is 73.3. The lowest BCUT2D eigenvalue weighted by atomic mass is 9.82. The topological polar surface area (TPSA) is 402 Å². The van der Waals surface area contributed by atoms with Gasteiger partial charge in [-0.1, -0.05) is 167 Å². The molecule has 0 spiro atoms. The summed E-state index contributed by atoms with van der Waals surface area (Å²) in [6.07, 6.45) is -0.209. The lowest BCUT2D eigenvalue weighted by Gasteiger charge is -2.43. The van der Waals surface area contributed by atoms with Crippen LogP contribution < -0.4 is 56.3 Å². The number of aliphatic hydroxyl groups is 5. The van der Waals surface area contributed by atoms with Crippen LogP contribution in [0, 0.1) is 5.82 Å². The second-order valence-corrected chi connectivity index (χ2v) is 44.9. The summed E-state index contributed by atoms with van der Waals surface area (Å²) in [5, 5.41) is 76.4. The van der Waals surface area contributed by atoms with E-state index in [0.717, 1.165) is 84.4 Å². The van der Waals surface area contributed by atoms with Crippen molar-refractivity contribution in [1.82, 2.24) is 39.9 Å². The number of carbonyl (C=O) groups is 4. The SMILES string of the molecule is CCN(C(=O)c1ccc2c(c1)[C@@H](NC)[C@H](O)C(C)(C)N2)c1ccccc1F.CCc1ccc(S(=O)(=O)N[C@@H]2c3cc(C(=O)N(CC)[C@H]4CCN(Cc5ccccc5)C4)ccc3NC(C)(C)[C@H]2O)cc1.CCc1ccc(S(=O)(=O)N[C@@H]2c3cc(C(=O)NC[C@@H](C)c4ccccc4)ccc3NC(C)(C)[C@H]2O)cc1.CCc1ccc(S(=O)(=O)N[C@@H]2c3cc(C(=O)N[C@H](CO)Cc4ccccc4)ccc3NC(C)(C)[C@H]2O)cc1. The van der Waals surface area contributed by atoms with Gasteiger partial charge in [-0.05, 0) is 291 Å². The molecule has 766 valence electrons. The Bertz CT molecular complexity index is 6670. The van der Waals surface area contributed by atoms with Gasteiger partial charge < -0.3 is 72.5 Å². The molecule has 0 aliphatic carbocycles. The van der Waals surface area contributed by atoms with Gasteiger partial charge in [-0.3, -0.25) is 24.1 Å². The summed E-state index contributed by atoms with van der Waals surface area (Å²) in [6.45, 7) is 30.3. The summed E-state index contributed by atoms with van der Waals surface area (Å²) in [4.78, 5) is 59.2. The van der Waals surface area contributed by atoms with E-state index in [2.05, 4.69) is 68.4 Å². The van der Waals surface area contributed by atoms with Gasteiger partial charge in [-0.25, -0.2) is 43.8 Å². The van der Waals surface area contributed by atoms with Crippen molar-refractivity contribution >= 4 is 82.1 Å². The fourth-order valence-corrected chi connectivity index (χ4v) is 22.7. The van der Waals surface area contributed by atoms with Crippen molar-refractivity contribution in [2.24, 2.45) is 0 Å². The summed E-state index contributed by atoms with van der Waals surface area (Å²) in [5.41, 5.74) is 10.6. The first-order valence-corrected chi connectivity index (χ1v) is 53.7. The predicted molar refractivity (Wildman–Crippen MR) is 565 cm³/mol. The monoisotopic (exact) mass is 2020 g/mol. The minimum atomic E-state index is -3.97. The van der Waals surface area contributed by atoms with Gasteiger partial charge in [0.15, 0.2) is 0 Å². The zero-order valence-electron chi connectivity index (χ0n) is 84.4. The number of rotatable bonds is 30. The number of nitrogens with one attached hydrogen (secondary N) is 10. The Hall–Kier alpha value is -12.1. The van der Waals surface area contributed by atoms with Crippen LogP contribution in [0.15, 0.2) is 276 Å². The second-order valence-electron chi connectivity index (χ2n) is 39.7. The molecule has 5 aliphatic rings. The zero-order chi connectivity index (χ0) is 104. The standard InChI is InChI=1S/C33H42N4O4S.C29H35N3O5S.C29H35N3O4S.C21H26FN3O2/c1-5-23-12-15-27(16-13-23)42(40,41)35-30-28-20-25(14-17-29(28)34-33(3,4)31(30)38)32(39)37(6-2)26-18-19-36(22-26)21-24-10-8-7-9-11-24;1-4-19-10-13-23(14-11-19)38(36,37)32-26-24-17-21(12-15-25(24)31-29(2,3)27(26)34)28(35)30-22(18-33)16-20-8-6-5-7-9-20;1-5-20-11-14-23(15-12-20)37(35,36)32-26-24-17-22(13-16-25(24)31-29(3,4)27(26)33)28(34)30-18-19(2)21-9-7-6-8-10-21;1-5-25(17-9-7-6-8-15(17)22)20(27)13-10-11-16-14(12-13)18(23-4)19(26)21(2,3)24-16/h7-17,20,26,30-31,34-35,38H,5-6,18-19,21-22H2,1-4H3;5-15,17,22,26-27,31-34H,4,16,18H2,1-3H3,(H,30,35);6-17,19,26-27,31-33H,5,18H2,1-4H3,(H,30,34);6-12,18-19,23-24,26H,5H2,1-4H3/t26-,30+,31-;22-,26+,27-;19-,26-,27+;18-,19+/m0011/s1. The highest BCUT2D eigenvalue weighted by Gasteiger charge is 2.48. The number of aryl methyl sites for hydroxylation is 3. The van der Waals surface area contributed by atoms with Crippen LogP contribution in [-0.4, -0.2) is 189 Å². The van der Waals surface area contributed by atoms with Crippen LogP contribution >= 0.6 is 0 Å². The molecule has 11 aromatic carbocycles. The minimum Gasteiger partial charge on any atom is -0.394 e. The van der Waals surface area contributed by atoms with E-state index in [1.807, 2.05) is 179 Å². The maximum Gasteiger partial charge on any atom is 0.258 e. The molecule has 0 unspecified atom stereocenters. The van der Waals surface area contributed by atoms with Gasteiger partial charge in [0.2, 0.25) is 30.1 Å². The third-order valence-electron chi connectivity index (χ3n) is 27.8. The Morgan fingerprint density at radius 1 is 0.438 bits per heavy atom. The summed E-state index contributed by atoms with van der Waals surface area (Å²) >= 11 is 0. The summed E-state index contributed by atoms with van der Waals surface area (Å²) in [7, 11) is -10.1. The first kappa shape index (κ1) is 109. The fraction of sp³-hybridized carbons (Fsp3) is 0.375. The molecule has 144 heavy (non-hydrogen) atoms. The number of benzene rings is 11. The molecule has 11 atom stereocenters. The quantitative estimate of drug-likeness (QED) is 0.0199. The van der Waals surface area contributed by atoms with Crippen LogP contribution in [-0.2, 0) is 62.3 Å². The Balaban J connectivity index is 0.000000163. The van der Waals surface area contributed by atoms with Crippen LogP contribution in [0.3, 0.4) is 0 Å². The molecule has 0 bridgehead atoms.